The standard InChI is InChI=1S/C23H25N3O4/c27-20-8-6-18(7-9-20)24-22(29)16-10-12-25(13-11-16)23(30)17-14-21(28)26(15-17)19-4-2-1-3-5-19/h1-9,16-17,27H,10-15H2,(H,24,29)/t17-/m1/s1. The maximum atomic E-state index is 12.9. The van der Waals surface area contributed by atoms with Crippen LogP contribution in [0, 0.1) is 11.8 Å². The fourth-order valence-electron chi connectivity index (χ4n) is 4.14. The smallest absolute Gasteiger partial charge is 0.228 e. The molecule has 156 valence electrons. The number of carbonyl (C=O) groups excluding carboxylic acids is 3. The molecule has 2 aliphatic rings. The zero-order valence-corrected chi connectivity index (χ0v) is 16.7. The second kappa shape index (κ2) is 8.57. The van der Waals surface area contributed by atoms with E-state index in [1.54, 1.807) is 21.9 Å². The molecule has 2 heterocycles. The molecule has 3 amide bonds. The Hall–Kier alpha value is -3.35. The van der Waals surface area contributed by atoms with Crippen molar-refractivity contribution in [2.75, 3.05) is 29.9 Å². The molecule has 2 saturated heterocycles. The third-order valence-corrected chi connectivity index (χ3v) is 5.85. The summed E-state index contributed by atoms with van der Waals surface area (Å²) < 4.78 is 0. The third kappa shape index (κ3) is 4.30. The Morgan fingerprint density at radius 3 is 2.27 bits per heavy atom. The van der Waals surface area contributed by atoms with Crippen LogP contribution in [0.25, 0.3) is 0 Å². The molecule has 7 heteroatoms. The summed E-state index contributed by atoms with van der Waals surface area (Å²) in [6, 6.07) is 15.8. The van der Waals surface area contributed by atoms with E-state index in [-0.39, 0.29) is 41.7 Å². The molecule has 0 radical (unpaired) electrons. The average Bonchev–Trinajstić information content (AvgIpc) is 3.17. The van der Waals surface area contributed by atoms with Crippen LogP contribution in [0.1, 0.15) is 19.3 Å². The van der Waals surface area contributed by atoms with E-state index in [9.17, 15) is 19.5 Å². The molecule has 0 aromatic heterocycles. The highest BCUT2D eigenvalue weighted by Gasteiger charge is 2.38. The van der Waals surface area contributed by atoms with Crippen LogP contribution >= 0.6 is 0 Å². The van der Waals surface area contributed by atoms with Crippen LogP contribution < -0.4 is 10.2 Å². The molecule has 0 bridgehead atoms. The first-order valence-electron chi connectivity index (χ1n) is 10.3. The maximum Gasteiger partial charge on any atom is 0.228 e. The largest absolute Gasteiger partial charge is 0.508 e. The van der Waals surface area contributed by atoms with Crippen LogP contribution in [0.3, 0.4) is 0 Å². The molecule has 2 aromatic carbocycles. The first-order chi connectivity index (χ1) is 14.5. The zero-order valence-electron chi connectivity index (χ0n) is 16.7. The van der Waals surface area contributed by atoms with Crippen molar-refractivity contribution >= 4 is 29.1 Å². The number of aromatic hydroxyl groups is 1. The summed E-state index contributed by atoms with van der Waals surface area (Å²) in [6.45, 7) is 1.44. The number of phenolic OH excluding ortho intramolecular Hbond substituents is 1. The van der Waals surface area contributed by atoms with Crippen LogP contribution in [0.5, 0.6) is 5.75 Å². The number of rotatable bonds is 4. The quantitative estimate of drug-likeness (QED) is 0.763. The fourth-order valence-corrected chi connectivity index (χ4v) is 4.14. The Morgan fingerprint density at radius 2 is 1.60 bits per heavy atom. The number of carbonyl (C=O) groups is 3. The van der Waals surface area contributed by atoms with Gasteiger partial charge < -0.3 is 20.2 Å². The molecule has 30 heavy (non-hydrogen) atoms. The van der Waals surface area contributed by atoms with Gasteiger partial charge in [-0.05, 0) is 49.2 Å². The molecule has 4 rings (SSSR count). The van der Waals surface area contributed by atoms with Gasteiger partial charge in [0.2, 0.25) is 17.7 Å². The van der Waals surface area contributed by atoms with Gasteiger partial charge in [0.1, 0.15) is 5.75 Å². The van der Waals surface area contributed by atoms with Crippen LogP contribution in [0.4, 0.5) is 11.4 Å². The summed E-state index contributed by atoms with van der Waals surface area (Å²) in [5.74, 6) is -0.439. The van der Waals surface area contributed by atoms with E-state index in [1.807, 2.05) is 30.3 Å². The number of hydrogen-bond donors (Lipinski definition) is 2. The first-order valence-corrected chi connectivity index (χ1v) is 10.3. The van der Waals surface area contributed by atoms with Crippen molar-refractivity contribution in [3.05, 3.63) is 54.6 Å². The van der Waals surface area contributed by atoms with Gasteiger partial charge in [0, 0.05) is 43.3 Å². The number of nitrogens with one attached hydrogen (secondary N) is 1. The predicted octanol–water partition coefficient (Wildman–Crippen LogP) is 2.62. The number of para-hydroxylation sites is 1. The number of phenols is 1. The van der Waals surface area contributed by atoms with Gasteiger partial charge in [-0.2, -0.15) is 0 Å². The molecule has 2 N–H and O–H groups in total. The molecular weight excluding hydrogens is 382 g/mol. The van der Waals surface area contributed by atoms with Gasteiger partial charge in [0.15, 0.2) is 0 Å². The summed E-state index contributed by atoms with van der Waals surface area (Å²) in [4.78, 5) is 41.3. The zero-order chi connectivity index (χ0) is 21.1. The van der Waals surface area contributed by atoms with Crippen molar-refractivity contribution in [2.45, 2.75) is 19.3 Å². The van der Waals surface area contributed by atoms with Gasteiger partial charge >= 0.3 is 0 Å². The van der Waals surface area contributed by atoms with Crippen LogP contribution in [-0.2, 0) is 14.4 Å². The van der Waals surface area contributed by atoms with Crippen molar-refractivity contribution < 1.29 is 19.5 Å². The van der Waals surface area contributed by atoms with Gasteiger partial charge in [-0.25, -0.2) is 0 Å². The Labute approximate surface area is 175 Å². The van der Waals surface area contributed by atoms with Crippen LogP contribution in [-0.4, -0.2) is 47.4 Å². The lowest BCUT2D eigenvalue weighted by atomic mass is 9.94. The van der Waals surface area contributed by atoms with Crippen molar-refractivity contribution in [2.24, 2.45) is 11.8 Å². The number of anilines is 2. The molecular formula is C23H25N3O4. The predicted molar refractivity (Wildman–Crippen MR) is 113 cm³/mol. The Bertz CT molecular complexity index is 921. The number of amides is 3. The number of hydrogen-bond acceptors (Lipinski definition) is 4. The fraction of sp³-hybridized carbons (Fsp3) is 0.348. The molecule has 0 unspecified atom stereocenters. The molecule has 1 atom stereocenters. The highest BCUT2D eigenvalue weighted by atomic mass is 16.3. The van der Waals surface area contributed by atoms with E-state index < -0.39 is 0 Å². The third-order valence-electron chi connectivity index (χ3n) is 5.85. The molecule has 2 fully saturated rings. The van der Waals surface area contributed by atoms with Crippen molar-refractivity contribution in [1.82, 2.24) is 4.90 Å². The maximum absolute atomic E-state index is 12.9. The topological polar surface area (TPSA) is 90.0 Å². The lowest BCUT2D eigenvalue weighted by Crippen LogP contribution is -2.44. The lowest BCUT2D eigenvalue weighted by molar-refractivity contribution is -0.138. The Morgan fingerprint density at radius 1 is 0.933 bits per heavy atom. The molecule has 2 aliphatic heterocycles. The number of benzene rings is 2. The molecule has 0 saturated carbocycles. The Balaban J connectivity index is 1.29. The van der Waals surface area contributed by atoms with Crippen molar-refractivity contribution in [1.29, 1.82) is 0 Å². The summed E-state index contributed by atoms with van der Waals surface area (Å²) in [7, 11) is 0. The van der Waals surface area contributed by atoms with E-state index >= 15 is 0 Å². The van der Waals surface area contributed by atoms with Crippen molar-refractivity contribution in [3.63, 3.8) is 0 Å². The number of likely N-dealkylation sites (tertiary alicyclic amines) is 1. The minimum atomic E-state index is -0.333. The number of nitrogens with zero attached hydrogens (tertiary/aromatic N) is 2. The van der Waals surface area contributed by atoms with E-state index in [1.165, 1.54) is 12.1 Å². The van der Waals surface area contributed by atoms with Gasteiger partial charge in [0.05, 0.1) is 5.92 Å². The summed E-state index contributed by atoms with van der Waals surface area (Å²) in [6.07, 6.45) is 1.42. The van der Waals surface area contributed by atoms with Gasteiger partial charge in [-0.3, -0.25) is 14.4 Å². The Kier molecular flexibility index (Phi) is 5.70. The minimum Gasteiger partial charge on any atom is -0.508 e. The highest BCUT2D eigenvalue weighted by molar-refractivity contribution is 6.00. The van der Waals surface area contributed by atoms with E-state index in [0.29, 0.717) is 38.2 Å². The second-order valence-electron chi connectivity index (χ2n) is 7.88. The van der Waals surface area contributed by atoms with E-state index in [0.717, 1.165) is 5.69 Å². The van der Waals surface area contributed by atoms with Crippen LogP contribution in [0.15, 0.2) is 54.6 Å². The second-order valence-corrected chi connectivity index (χ2v) is 7.88. The number of piperidine rings is 1. The molecule has 0 spiro atoms. The van der Waals surface area contributed by atoms with Crippen molar-refractivity contribution in [3.8, 4) is 5.75 Å². The van der Waals surface area contributed by atoms with Crippen LogP contribution in [0.2, 0.25) is 0 Å². The lowest BCUT2D eigenvalue weighted by Gasteiger charge is -2.33. The summed E-state index contributed by atoms with van der Waals surface area (Å²) in [5, 5.41) is 12.2. The van der Waals surface area contributed by atoms with Gasteiger partial charge in [-0.15, -0.1) is 0 Å². The average molecular weight is 407 g/mol. The molecule has 7 nitrogen and oxygen atoms in total. The normalized spacial score (nSPS) is 19.7. The molecule has 0 aliphatic carbocycles. The monoisotopic (exact) mass is 407 g/mol. The van der Waals surface area contributed by atoms with Gasteiger partial charge in [0.25, 0.3) is 0 Å². The minimum absolute atomic E-state index is 0.000765. The first kappa shape index (κ1) is 19.9. The highest BCUT2D eigenvalue weighted by Crippen LogP contribution is 2.28. The van der Waals surface area contributed by atoms with E-state index in [4.69, 9.17) is 0 Å². The summed E-state index contributed by atoms with van der Waals surface area (Å²) in [5.41, 5.74) is 1.46. The van der Waals surface area contributed by atoms with E-state index in [2.05, 4.69) is 5.32 Å². The SMILES string of the molecule is O=C(Nc1ccc(O)cc1)C1CCN(C(=O)[C@@H]2CC(=O)N(c3ccccc3)C2)CC1. The summed E-state index contributed by atoms with van der Waals surface area (Å²) >= 11 is 0. The van der Waals surface area contributed by atoms with Gasteiger partial charge in [-0.1, -0.05) is 18.2 Å². The molecule has 2 aromatic rings.